The molecule has 0 heterocycles. The Morgan fingerprint density at radius 3 is 2.22 bits per heavy atom. The van der Waals surface area contributed by atoms with Gasteiger partial charge in [0.15, 0.2) is 0 Å². The Kier molecular flexibility index (Phi) is 6.42. The van der Waals surface area contributed by atoms with Crippen LogP contribution in [0.2, 0.25) is 0 Å². The van der Waals surface area contributed by atoms with Crippen molar-refractivity contribution in [1.82, 2.24) is 5.32 Å². The second-order valence-electron chi connectivity index (χ2n) is 6.68. The summed E-state index contributed by atoms with van der Waals surface area (Å²) in [6.07, 6.45) is -0.259. The van der Waals surface area contributed by atoms with Crippen LogP contribution in [0, 0.1) is 5.92 Å². The largest absolute Gasteiger partial charge is 0.481 e. The molecule has 0 aliphatic rings. The smallest absolute Gasteiger partial charge is 0.407 e. The highest BCUT2D eigenvalue weighted by molar-refractivity contribution is 5.73. The molecule has 1 aromatic carbocycles. The SMILES string of the molecule is CN(C)c1ccc(C[C@H](CNC(=O)OC(C)(C)C)C(=O)O)cc1. The molecule has 0 saturated heterocycles. The molecule has 1 atom stereocenters. The second kappa shape index (κ2) is 7.85. The van der Waals surface area contributed by atoms with Crippen LogP contribution in [0.3, 0.4) is 0 Å². The number of rotatable bonds is 6. The lowest BCUT2D eigenvalue weighted by Gasteiger charge is -2.21. The molecule has 1 aromatic rings. The van der Waals surface area contributed by atoms with Crippen molar-refractivity contribution < 1.29 is 19.4 Å². The van der Waals surface area contributed by atoms with Crippen molar-refractivity contribution in [2.75, 3.05) is 25.5 Å². The Morgan fingerprint density at radius 2 is 1.78 bits per heavy atom. The van der Waals surface area contributed by atoms with E-state index in [0.717, 1.165) is 11.3 Å². The van der Waals surface area contributed by atoms with Gasteiger partial charge in [0, 0.05) is 26.3 Å². The molecule has 0 aliphatic heterocycles. The summed E-state index contributed by atoms with van der Waals surface area (Å²) in [4.78, 5) is 25.0. The minimum absolute atomic E-state index is 0.0275. The van der Waals surface area contributed by atoms with Crippen LogP contribution in [-0.4, -0.2) is 43.4 Å². The predicted octanol–water partition coefficient (Wildman–Crippen LogP) is 2.52. The number of carbonyl (C=O) groups is 2. The van der Waals surface area contributed by atoms with Gasteiger partial charge >= 0.3 is 12.1 Å². The molecule has 0 radical (unpaired) electrons. The first-order valence-corrected chi connectivity index (χ1v) is 7.54. The minimum Gasteiger partial charge on any atom is -0.481 e. The van der Waals surface area contributed by atoms with Gasteiger partial charge in [0.25, 0.3) is 0 Å². The van der Waals surface area contributed by atoms with Crippen LogP contribution >= 0.6 is 0 Å². The lowest BCUT2D eigenvalue weighted by Crippen LogP contribution is -2.37. The zero-order chi connectivity index (χ0) is 17.6. The molecule has 128 valence electrons. The van der Waals surface area contributed by atoms with Crippen molar-refractivity contribution in [3.63, 3.8) is 0 Å². The molecule has 0 spiro atoms. The lowest BCUT2D eigenvalue weighted by atomic mass is 9.99. The van der Waals surface area contributed by atoms with Gasteiger partial charge in [-0.05, 0) is 44.9 Å². The highest BCUT2D eigenvalue weighted by Gasteiger charge is 2.21. The van der Waals surface area contributed by atoms with Crippen LogP contribution in [0.4, 0.5) is 10.5 Å². The predicted molar refractivity (Wildman–Crippen MR) is 89.8 cm³/mol. The number of hydrogen-bond acceptors (Lipinski definition) is 4. The Morgan fingerprint density at radius 1 is 1.22 bits per heavy atom. The fourth-order valence-corrected chi connectivity index (χ4v) is 1.98. The number of ether oxygens (including phenoxy) is 1. The maximum Gasteiger partial charge on any atom is 0.407 e. The quantitative estimate of drug-likeness (QED) is 0.841. The van der Waals surface area contributed by atoms with Gasteiger partial charge in [0.05, 0.1) is 5.92 Å². The first kappa shape index (κ1) is 18.8. The number of carboxylic acids is 1. The van der Waals surface area contributed by atoms with E-state index >= 15 is 0 Å². The maximum absolute atomic E-state index is 11.6. The molecule has 23 heavy (non-hydrogen) atoms. The van der Waals surface area contributed by atoms with E-state index in [9.17, 15) is 14.7 Å². The number of nitrogens with zero attached hydrogens (tertiary/aromatic N) is 1. The summed E-state index contributed by atoms with van der Waals surface area (Å²) in [5, 5.41) is 11.8. The summed E-state index contributed by atoms with van der Waals surface area (Å²) < 4.78 is 5.11. The number of aliphatic carboxylic acids is 1. The zero-order valence-electron chi connectivity index (χ0n) is 14.4. The van der Waals surface area contributed by atoms with Gasteiger partial charge in [0.1, 0.15) is 5.60 Å². The van der Waals surface area contributed by atoms with Gasteiger partial charge in [-0.15, -0.1) is 0 Å². The monoisotopic (exact) mass is 322 g/mol. The molecular weight excluding hydrogens is 296 g/mol. The Bertz CT molecular complexity index is 533. The van der Waals surface area contributed by atoms with Crippen molar-refractivity contribution in [1.29, 1.82) is 0 Å². The van der Waals surface area contributed by atoms with Gasteiger partial charge in [-0.3, -0.25) is 4.79 Å². The molecule has 0 bridgehead atoms. The molecule has 0 unspecified atom stereocenters. The molecule has 2 N–H and O–H groups in total. The lowest BCUT2D eigenvalue weighted by molar-refractivity contribution is -0.141. The molecule has 6 heteroatoms. The molecule has 6 nitrogen and oxygen atoms in total. The van der Waals surface area contributed by atoms with E-state index < -0.39 is 23.6 Å². The highest BCUT2D eigenvalue weighted by Crippen LogP contribution is 2.15. The number of nitrogens with one attached hydrogen (secondary N) is 1. The first-order valence-electron chi connectivity index (χ1n) is 7.54. The Hall–Kier alpha value is -2.24. The van der Waals surface area contributed by atoms with E-state index in [1.54, 1.807) is 20.8 Å². The molecule has 0 aliphatic carbocycles. The molecule has 1 amide bonds. The van der Waals surface area contributed by atoms with E-state index in [-0.39, 0.29) is 6.54 Å². The summed E-state index contributed by atoms with van der Waals surface area (Å²) in [6, 6.07) is 7.68. The summed E-state index contributed by atoms with van der Waals surface area (Å²) in [5.74, 6) is -1.65. The Labute approximate surface area is 137 Å². The average Bonchev–Trinajstić information content (AvgIpc) is 2.41. The number of carbonyl (C=O) groups excluding carboxylic acids is 1. The Balaban J connectivity index is 2.62. The molecular formula is C17H26N2O4. The summed E-state index contributed by atoms with van der Waals surface area (Å²) in [6.45, 7) is 5.30. The van der Waals surface area contributed by atoms with E-state index in [4.69, 9.17) is 4.74 Å². The van der Waals surface area contributed by atoms with Gasteiger partial charge < -0.3 is 20.1 Å². The van der Waals surface area contributed by atoms with E-state index in [0.29, 0.717) is 6.42 Å². The summed E-state index contributed by atoms with van der Waals surface area (Å²) in [5.41, 5.74) is 1.35. The fraction of sp³-hybridized carbons (Fsp3) is 0.529. The van der Waals surface area contributed by atoms with Gasteiger partial charge in [-0.1, -0.05) is 12.1 Å². The third-order valence-electron chi connectivity index (χ3n) is 3.18. The average molecular weight is 322 g/mol. The van der Waals surface area contributed by atoms with Gasteiger partial charge in [-0.2, -0.15) is 0 Å². The second-order valence-corrected chi connectivity index (χ2v) is 6.68. The van der Waals surface area contributed by atoms with E-state index in [1.165, 1.54) is 0 Å². The topological polar surface area (TPSA) is 78.9 Å². The third kappa shape index (κ3) is 7.04. The first-order chi connectivity index (χ1) is 10.6. The van der Waals surface area contributed by atoms with Crippen LogP contribution in [0.5, 0.6) is 0 Å². The number of alkyl carbamates (subject to hydrolysis) is 1. The fourth-order valence-electron chi connectivity index (χ4n) is 1.98. The van der Waals surface area contributed by atoms with E-state index in [2.05, 4.69) is 5.32 Å². The standard InChI is InChI=1S/C17H26N2O4/c1-17(2,3)23-16(22)18-11-13(15(20)21)10-12-6-8-14(9-7-12)19(4)5/h6-9,13H,10-11H2,1-5H3,(H,18,22)(H,20,21)/t13-/m1/s1. The van der Waals surface area contributed by atoms with Crippen LogP contribution in [0.15, 0.2) is 24.3 Å². The number of carboxylic acid groups (broad SMARTS) is 1. The van der Waals surface area contributed by atoms with Gasteiger partial charge in [-0.25, -0.2) is 4.79 Å². The van der Waals surface area contributed by atoms with Crippen LogP contribution < -0.4 is 10.2 Å². The summed E-state index contributed by atoms with van der Waals surface area (Å²) >= 11 is 0. The molecule has 0 aromatic heterocycles. The summed E-state index contributed by atoms with van der Waals surface area (Å²) in [7, 11) is 3.89. The molecule has 0 fully saturated rings. The van der Waals surface area contributed by atoms with Crippen LogP contribution in [-0.2, 0) is 16.0 Å². The van der Waals surface area contributed by atoms with Crippen LogP contribution in [0.1, 0.15) is 26.3 Å². The van der Waals surface area contributed by atoms with Crippen molar-refractivity contribution in [2.24, 2.45) is 5.92 Å². The third-order valence-corrected chi connectivity index (χ3v) is 3.18. The van der Waals surface area contributed by atoms with E-state index in [1.807, 2.05) is 43.3 Å². The maximum atomic E-state index is 11.6. The molecule has 0 saturated carbocycles. The number of benzene rings is 1. The minimum atomic E-state index is -0.947. The van der Waals surface area contributed by atoms with Crippen molar-refractivity contribution >= 4 is 17.7 Å². The normalized spacial score (nSPS) is 12.4. The number of anilines is 1. The molecule has 1 rings (SSSR count). The highest BCUT2D eigenvalue weighted by atomic mass is 16.6. The van der Waals surface area contributed by atoms with Crippen molar-refractivity contribution in [3.8, 4) is 0 Å². The zero-order valence-corrected chi connectivity index (χ0v) is 14.4. The van der Waals surface area contributed by atoms with Crippen LogP contribution in [0.25, 0.3) is 0 Å². The number of amides is 1. The van der Waals surface area contributed by atoms with Crippen molar-refractivity contribution in [2.45, 2.75) is 32.8 Å². The van der Waals surface area contributed by atoms with Crippen molar-refractivity contribution in [3.05, 3.63) is 29.8 Å². The van der Waals surface area contributed by atoms with Gasteiger partial charge in [0.2, 0.25) is 0 Å². The number of hydrogen-bond donors (Lipinski definition) is 2.